The Balaban J connectivity index is 2.57. The zero-order chi connectivity index (χ0) is 21.5. The van der Waals surface area contributed by atoms with Gasteiger partial charge in [0, 0.05) is 18.3 Å². The Labute approximate surface area is 168 Å². The van der Waals surface area contributed by atoms with Crippen molar-refractivity contribution in [2.45, 2.75) is 47.1 Å². The predicted octanol–water partition coefficient (Wildman–Crippen LogP) is 1.94. The lowest BCUT2D eigenvalue weighted by atomic mass is 10.1. The molecular formula is C21H34N4O3. The first kappa shape index (κ1) is 23.6. The molecule has 0 spiro atoms. The number of carbonyl (C=O) groups is 3. The highest BCUT2D eigenvalue weighted by atomic mass is 16.2. The van der Waals surface area contributed by atoms with E-state index >= 15 is 0 Å². The van der Waals surface area contributed by atoms with Crippen LogP contribution in [-0.4, -0.2) is 66.3 Å². The number of benzene rings is 1. The monoisotopic (exact) mass is 390 g/mol. The van der Waals surface area contributed by atoms with E-state index in [0.29, 0.717) is 6.54 Å². The lowest BCUT2D eigenvalue weighted by Gasteiger charge is -2.26. The van der Waals surface area contributed by atoms with Crippen LogP contribution in [0.2, 0.25) is 0 Å². The third-order valence-corrected chi connectivity index (χ3v) is 4.16. The number of carbonyl (C=O) groups excluding carboxylic acids is 3. The maximum Gasteiger partial charge on any atom is 0.243 e. The van der Waals surface area contributed by atoms with Gasteiger partial charge in [-0.3, -0.25) is 19.3 Å². The van der Waals surface area contributed by atoms with Crippen molar-refractivity contribution in [3.05, 3.63) is 29.3 Å². The summed E-state index contributed by atoms with van der Waals surface area (Å²) < 4.78 is 0. The molecule has 0 saturated carbocycles. The minimum atomic E-state index is -0.316. The Hall–Kier alpha value is -2.41. The number of amides is 3. The normalized spacial score (nSPS) is 11.3. The number of likely N-dealkylation sites (N-methyl/N-ethyl adjacent to an activating group) is 2. The van der Waals surface area contributed by atoms with Crippen LogP contribution in [0.25, 0.3) is 0 Å². The molecule has 0 fully saturated rings. The number of rotatable bonds is 8. The number of aryl methyl sites for hydroxylation is 2. The molecule has 0 heterocycles. The fraction of sp³-hybridized carbons (Fsp3) is 0.571. The molecule has 3 amide bonds. The van der Waals surface area contributed by atoms with Gasteiger partial charge in [0.25, 0.3) is 0 Å². The molecule has 0 saturated heterocycles. The largest absolute Gasteiger partial charge is 0.350 e. The highest BCUT2D eigenvalue weighted by molar-refractivity contribution is 5.95. The predicted molar refractivity (Wildman–Crippen MR) is 112 cm³/mol. The molecular weight excluding hydrogens is 356 g/mol. The molecule has 1 aromatic carbocycles. The number of hydrogen-bond acceptors (Lipinski definition) is 4. The molecule has 2 N–H and O–H groups in total. The standard InChI is InChI=1S/C21H34N4O3/c1-8-25(13-19(27)23-21(4,5)6)14-20(28)24(7)12-18(26)22-17-11-15(2)9-10-16(17)3/h9-11H,8,12-14H2,1-7H3,(H,22,26)(H,23,27). The second-order valence-electron chi connectivity index (χ2n) is 8.22. The molecule has 0 aromatic heterocycles. The molecule has 0 atom stereocenters. The Morgan fingerprint density at radius 1 is 1.00 bits per heavy atom. The van der Waals surface area contributed by atoms with Crippen LogP contribution in [0.1, 0.15) is 38.8 Å². The molecule has 7 nitrogen and oxygen atoms in total. The van der Waals surface area contributed by atoms with E-state index in [0.717, 1.165) is 16.8 Å². The topological polar surface area (TPSA) is 81.8 Å². The zero-order valence-electron chi connectivity index (χ0n) is 18.2. The van der Waals surface area contributed by atoms with Gasteiger partial charge in [-0.1, -0.05) is 19.1 Å². The summed E-state index contributed by atoms with van der Waals surface area (Å²) in [6.07, 6.45) is 0. The smallest absolute Gasteiger partial charge is 0.243 e. The van der Waals surface area contributed by atoms with Crippen molar-refractivity contribution in [3.8, 4) is 0 Å². The van der Waals surface area contributed by atoms with Gasteiger partial charge in [-0.25, -0.2) is 0 Å². The lowest BCUT2D eigenvalue weighted by Crippen LogP contribution is -2.48. The van der Waals surface area contributed by atoms with Gasteiger partial charge >= 0.3 is 0 Å². The SMILES string of the molecule is CCN(CC(=O)NC(C)(C)C)CC(=O)N(C)CC(=O)Nc1cc(C)ccc1C. The van der Waals surface area contributed by atoms with Gasteiger partial charge in [0.2, 0.25) is 17.7 Å². The third-order valence-electron chi connectivity index (χ3n) is 4.16. The van der Waals surface area contributed by atoms with Gasteiger partial charge in [-0.05, 0) is 58.4 Å². The van der Waals surface area contributed by atoms with E-state index in [9.17, 15) is 14.4 Å². The van der Waals surface area contributed by atoms with Crippen LogP contribution in [0.5, 0.6) is 0 Å². The number of anilines is 1. The van der Waals surface area contributed by atoms with E-state index < -0.39 is 0 Å². The summed E-state index contributed by atoms with van der Waals surface area (Å²) in [7, 11) is 1.59. The number of nitrogens with one attached hydrogen (secondary N) is 2. The van der Waals surface area contributed by atoms with Crippen molar-refractivity contribution in [1.82, 2.24) is 15.1 Å². The zero-order valence-corrected chi connectivity index (χ0v) is 18.2. The summed E-state index contributed by atoms with van der Waals surface area (Å²) in [5, 5.41) is 5.74. The van der Waals surface area contributed by atoms with Crippen LogP contribution < -0.4 is 10.6 Å². The van der Waals surface area contributed by atoms with Crippen LogP contribution in [-0.2, 0) is 14.4 Å². The van der Waals surface area contributed by atoms with E-state index in [2.05, 4.69) is 10.6 Å². The van der Waals surface area contributed by atoms with E-state index in [1.165, 1.54) is 4.90 Å². The summed E-state index contributed by atoms with van der Waals surface area (Å²) in [4.78, 5) is 40.0. The van der Waals surface area contributed by atoms with Crippen LogP contribution >= 0.6 is 0 Å². The first-order chi connectivity index (χ1) is 12.9. The molecule has 156 valence electrons. The van der Waals surface area contributed by atoms with Crippen molar-refractivity contribution in [2.24, 2.45) is 0 Å². The Morgan fingerprint density at radius 3 is 2.21 bits per heavy atom. The summed E-state index contributed by atoms with van der Waals surface area (Å²) in [5.41, 5.74) is 2.45. The number of hydrogen-bond donors (Lipinski definition) is 2. The molecule has 7 heteroatoms. The average Bonchev–Trinajstić information content (AvgIpc) is 2.55. The van der Waals surface area contributed by atoms with Gasteiger partial charge in [0.1, 0.15) is 0 Å². The minimum absolute atomic E-state index is 0.0437. The van der Waals surface area contributed by atoms with Crippen LogP contribution in [0.15, 0.2) is 18.2 Å². The highest BCUT2D eigenvalue weighted by Crippen LogP contribution is 2.16. The quantitative estimate of drug-likeness (QED) is 0.711. The fourth-order valence-electron chi connectivity index (χ4n) is 2.62. The third kappa shape index (κ3) is 8.52. The fourth-order valence-corrected chi connectivity index (χ4v) is 2.62. The van der Waals surface area contributed by atoms with E-state index in [-0.39, 0.29) is 42.9 Å². The first-order valence-corrected chi connectivity index (χ1v) is 9.55. The summed E-state index contributed by atoms with van der Waals surface area (Å²) in [5.74, 6) is -0.586. The van der Waals surface area contributed by atoms with Gasteiger partial charge in [-0.2, -0.15) is 0 Å². The van der Waals surface area contributed by atoms with E-state index in [4.69, 9.17) is 0 Å². The molecule has 0 unspecified atom stereocenters. The second-order valence-corrected chi connectivity index (χ2v) is 8.22. The first-order valence-electron chi connectivity index (χ1n) is 9.55. The van der Waals surface area contributed by atoms with Crippen LogP contribution in [0.4, 0.5) is 5.69 Å². The van der Waals surface area contributed by atoms with Gasteiger partial charge in [-0.15, -0.1) is 0 Å². The molecule has 0 aliphatic rings. The average molecular weight is 391 g/mol. The minimum Gasteiger partial charge on any atom is -0.350 e. The highest BCUT2D eigenvalue weighted by Gasteiger charge is 2.20. The van der Waals surface area contributed by atoms with Crippen molar-refractivity contribution >= 4 is 23.4 Å². The molecule has 28 heavy (non-hydrogen) atoms. The van der Waals surface area contributed by atoms with Crippen molar-refractivity contribution in [3.63, 3.8) is 0 Å². The Kier molecular flexibility index (Phi) is 8.63. The second kappa shape index (κ2) is 10.2. The molecule has 0 radical (unpaired) electrons. The number of nitrogens with zero attached hydrogens (tertiary/aromatic N) is 2. The lowest BCUT2D eigenvalue weighted by molar-refractivity contribution is -0.135. The Morgan fingerprint density at radius 2 is 1.64 bits per heavy atom. The van der Waals surface area contributed by atoms with Crippen LogP contribution in [0, 0.1) is 13.8 Å². The maximum atomic E-state index is 12.5. The van der Waals surface area contributed by atoms with Gasteiger partial charge < -0.3 is 15.5 Å². The Bertz CT molecular complexity index is 710. The van der Waals surface area contributed by atoms with Gasteiger partial charge in [0.05, 0.1) is 19.6 Å². The molecule has 1 aromatic rings. The van der Waals surface area contributed by atoms with Crippen LogP contribution in [0.3, 0.4) is 0 Å². The summed E-state index contributed by atoms with van der Waals surface area (Å²) in [6.45, 7) is 12.3. The molecule has 0 aliphatic heterocycles. The van der Waals surface area contributed by atoms with Gasteiger partial charge in [0.15, 0.2) is 0 Å². The van der Waals surface area contributed by atoms with Crippen molar-refractivity contribution in [2.75, 3.05) is 38.5 Å². The van der Waals surface area contributed by atoms with Crippen molar-refractivity contribution in [1.29, 1.82) is 0 Å². The summed E-state index contributed by atoms with van der Waals surface area (Å²) in [6, 6.07) is 5.83. The van der Waals surface area contributed by atoms with Crippen molar-refractivity contribution < 1.29 is 14.4 Å². The summed E-state index contributed by atoms with van der Waals surface area (Å²) >= 11 is 0. The van der Waals surface area contributed by atoms with E-state index in [1.807, 2.05) is 59.7 Å². The van der Waals surface area contributed by atoms with E-state index in [1.54, 1.807) is 11.9 Å². The maximum absolute atomic E-state index is 12.5. The molecule has 1 rings (SSSR count). The molecule has 0 bridgehead atoms. The molecule has 0 aliphatic carbocycles.